The van der Waals surface area contributed by atoms with E-state index in [0.29, 0.717) is 11.3 Å². The molecule has 0 aliphatic heterocycles. The first kappa shape index (κ1) is 15.6. The molecule has 0 heterocycles. The first-order chi connectivity index (χ1) is 10.7. The normalized spacial score (nSPS) is 11.4. The van der Waals surface area contributed by atoms with Crippen LogP contribution < -0.4 is 10.6 Å². The van der Waals surface area contributed by atoms with E-state index in [0.717, 1.165) is 5.56 Å². The molecule has 2 aromatic carbocycles. The average molecular weight is 298 g/mol. The lowest BCUT2D eigenvalue weighted by molar-refractivity contribution is -0.141. The van der Waals surface area contributed by atoms with Gasteiger partial charge in [0.1, 0.15) is 0 Å². The molecule has 2 N–H and O–H groups in total. The van der Waals surface area contributed by atoms with Gasteiger partial charge in [0.15, 0.2) is 6.04 Å². The minimum absolute atomic E-state index is 0.182. The molecule has 0 aliphatic rings. The quantitative estimate of drug-likeness (QED) is 0.832. The lowest BCUT2D eigenvalue weighted by Crippen LogP contribution is -2.23. The maximum atomic E-state index is 12.0. The Balaban J connectivity index is 2.28. The number of esters is 1. The third-order valence-electron chi connectivity index (χ3n) is 3.23. The second-order valence-corrected chi connectivity index (χ2v) is 4.67. The molecule has 5 heteroatoms. The van der Waals surface area contributed by atoms with Gasteiger partial charge in [-0.2, -0.15) is 0 Å². The molecule has 22 heavy (non-hydrogen) atoms. The van der Waals surface area contributed by atoms with E-state index in [2.05, 4.69) is 10.6 Å². The van der Waals surface area contributed by atoms with Gasteiger partial charge in [-0.1, -0.05) is 36.4 Å². The van der Waals surface area contributed by atoms with E-state index in [1.165, 1.54) is 7.11 Å². The molecule has 0 saturated carbocycles. The average Bonchev–Trinajstić information content (AvgIpc) is 2.59. The number of hydrogen-bond acceptors (Lipinski definition) is 4. The molecule has 0 spiro atoms. The minimum Gasteiger partial charge on any atom is -0.467 e. The summed E-state index contributed by atoms with van der Waals surface area (Å²) in [5.74, 6) is -0.575. The van der Waals surface area contributed by atoms with Crippen molar-refractivity contribution in [1.82, 2.24) is 5.32 Å². The zero-order chi connectivity index (χ0) is 15.9. The van der Waals surface area contributed by atoms with Gasteiger partial charge in [-0.15, -0.1) is 0 Å². The molecule has 5 nitrogen and oxygen atoms in total. The molecule has 0 saturated heterocycles. The number of methoxy groups -OCH3 is 1. The van der Waals surface area contributed by atoms with E-state index in [9.17, 15) is 9.59 Å². The highest BCUT2D eigenvalue weighted by atomic mass is 16.5. The van der Waals surface area contributed by atoms with Crippen LogP contribution in [0.5, 0.6) is 0 Å². The van der Waals surface area contributed by atoms with Crippen molar-refractivity contribution in [3.63, 3.8) is 0 Å². The van der Waals surface area contributed by atoms with Crippen LogP contribution in [0.3, 0.4) is 0 Å². The number of amides is 1. The monoisotopic (exact) mass is 298 g/mol. The van der Waals surface area contributed by atoms with Crippen molar-refractivity contribution in [2.75, 3.05) is 19.5 Å². The van der Waals surface area contributed by atoms with E-state index in [4.69, 9.17) is 4.74 Å². The van der Waals surface area contributed by atoms with Gasteiger partial charge in [0, 0.05) is 18.3 Å². The molecule has 0 radical (unpaired) electrons. The van der Waals surface area contributed by atoms with Crippen molar-refractivity contribution in [2.45, 2.75) is 6.04 Å². The fourth-order valence-corrected chi connectivity index (χ4v) is 2.10. The van der Waals surface area contributed by atoms with Gasteiger partial charge in [0.05, 0.1) is 7.11 Å². The van der Waals surface area contributed by atoms with Crippen LogP contribution in [0.2, 0.25) is 0 Å². The number of carbonyl (C=O) groups excluding carboxylic acids is 2. The zero-order valence-corrected chi connectivity index (χ0v) is 12.5. The predicted molar refractivity (Wildman–Crippen MR) is 84.7 cm³/mol. The maximum absolute atomic E-state index is 12.0. The Hall–Kier alpha value is -2.82. The fraction of sp³-hybridized carbons (Fsp3) is 0.176. The summed E-state index contributed by atoms with van der Waals surface area (Å²) in [6.07, 6.45) is 0. The molecular formula is C17H18N2O3. The lowest BCUT2D eigenvalue weighted by Gasteiger charge is -2.18. The van der Waals surface area contributed by atoms with Crippen LogP contribution in [0.1, 0.15) is 22.0 Å². The largest absolute Gasteiger partial charge is 0.467 e. The standard InChI is InChI=1S/C17H18N2O3/c1-18-16(20)13-9-6-10-14(11-13)19-15(17(21)22-2)12-7-4-3-5-8-12/h3-11,15,19H,1-2H3,(H,18,20). The van der Waals surface area contributed by atoms with Crippen LogP contribution >= 0.6 is 0 Å². The van der Waals surface area contributed by atoms with Crippen LogP contribution in [-0.4, -0.2) is 26.0 Å². The highest BCUT2D eigenvalue weighted by Gasteiger charge is 2.21. The van der Waals surface area contributed by atoms with Gasteiger partial charge in [0.2, 0.25) is 0 Å². The summed E-state index contributed by atoms with van der Waals surface area (Å²) in [6.45, 7) is 0. The summed E-state index contributed by atoms with van der Waals surface area (Å²) >= 11 is 0. The molecular weight excluding hydrogens is 280 g/mol. The number of benzene rings is 2. The summed E-state index contributed by atoms with van der Waals surface area (Å²) in [5, 5.41) is 5.68. The molecule has 2 rings (SSSR count). The molecule has 2 aromatic rings. The van der Waals surface area contributed by atoms with Crippen LogP contribution in [0, 0.1) is 0 Å². The van der Waals surface area contributed by atoms with Gasteiger partial charge in [-0.05, 0) is 23.8 Å². The molecule has 0 bridgehead atoms. The first-order valence-electron chi connectivity index (χ1n) is 6.87. The Morgan fingerprint density at radius 1 is 1.05 bits per heavy atom. The first-order valence-corrected chi connectivity index (χ1v) is 6.87. The van der Waals surface area contributed by atoms with E-state index < -0.39 is 12.0 Å². The van der Waals surface area contributed by atoms with E-state index in [1.807, 2.05) is 30.3 Å². The van der Waals surface area contributed by atoms with Crippen LogP contribution in [0.25, 0.3) is 0 Å². The van der Waals surface area contributed by atoms with Crippen LogP contribution in [0.15, 0.2) is 54.6 Å². The topological polar surface area (TPSA) is 67.4 Å². The number of anilines is 1. The minimum atomic E-state index is -0.633. The maximum Gasteiger partial charge on any atom is 0.332 e. The number of ether oxygens (including phenoxy) is 1. The number of rotatable bonds is 5. The Bertz CT molecular complexity index is 656. The van der Waals surface area contributed by atoms with E-state index in [-0.39, 0.29) is 5.91 Å². The van der Waals surface area contributed by atoms with Crippen LogP contribution in [0.4, 0.5) is 5.69 Å². The predicted octanol–water partition coefficient (Wildman–Crippen LogP) is 2.37. The Morgan fingerprint density at radius 2 is 1.77 bits per heavy atom. The molecule has 1 amide bonds. The smallest absolute Gasteiger partial charge is 0.332 e. The molecule has 114 valence electrons. The molecule has 0 fully saturated rings. The molecule has 1 unspecified atom stereocenters. The number of hydrogen-bond donors (Lipinski definition) is 2. The van der Waals surface area contributed by atoms with E-state index in [1.54, 1.807) is 31.3 Å². The van der Waals surface area contributed by atoms with Crippen molar-refractivity contribution in [3.05, 3.63) is 65.7 Å². The van der Waals surface area contributed by atoms with Gasteiger partial charge in [0.25, 0.3) is 5.91 Å². The second kappa shape index (κ2) is 7.26. The zero-order valence-electron chi connectivity index (χ0n) is 12.5. The van der Waals surface area contributed by atoms with Crippen LogP contribution in [-0.2, 0) is 9.53 Å². The molecule has 0 aromatic heterocycles. The number of nitrogens with one attached hydrogen (secondary N) is 2. The van der Waals surface area contributed by atoms with Crippen molar-refractivity contribution >= 4 is 17.6 Å². The SMILES string of the molecule is CNC(=O)c1cccc(NC(C(=O)OC)c2ccccc2)c1. The van der Waals surface area contributed by atoms with Gasteiger partial charge < -0.3 is 15.4 Å². The van der Waals surface area contributed by atoms with Gasteiger partial charge in [-0.3, -0.25) is 4.79 Å². The summed E-state index contributed by atoms with van der Waals surface area (Å²) in [4.78, 5) is 23.7. The highest BCUT2D eigenvalue weighted by Crippen LogP contribution is 2.21. The van der Waals surface area contributed by atoms with Gasteiger partial charge in [-0.25, -0.2) is 4.79 Å². The summed E-state index contributed by atoms with van der Waals surface area (Å²) in [7, 11) is 2.92. The number of carbonyl (C=O) groups is 2. The third kappa shape index (κ3) is 3.63. The fourth-order valence-electron chi connectivity index (χ4n) is 2.10. The van der Waals surface area contributed by atoms with Crippen molar-refractivity contribution in [2.24, 2.45) is 0 Å². The Kier molecular flexibility index (Phi) is 5.14. The Morgan fingerprint density at radius 3 is 2.41 bits per heavy atom. The third-order valence-corrected chi connectivity index (χ3v) is 3.23. The highest BCUT2D eigenvalue weighted by molar-refractivity contribution is 5.95. The van der Waals surface area contributed by atoms with Crippen molar-refractivity contribution in [3.8, 4) is 0 Å². The Labute approximate surface area is 129 Å². The van der Waals surface area contributed by atoms with Gasteiger partial charge >= 0.3 is 5.97 Å². The van der Waals surface area contributed by atoms with Crippen molar-refractivity contribution < 1.29 is 14.3 Å². The molecule has 1 atom stereocenters. The van der Waals surface area contributed by atoms with E-state index >= 15 is 0 Å². The second-order valence-electron chi connectivity index (χ2n) is 4.67. The molecule has 0 aliphatic carbocycles. The summed E-state index contributed by atoms with van der Waals surface area (Å²) < 4.78 is 4.86. The lowest BCUT2D eigenvalue weighted by atomic mass is 10.1. The summed E-state index contributed by atoms with van der Waals surface area (Å²) in [5.41, 5.74) is 1.98. The summed E-state index contributed by atoms with van der Waals surface area (Å²) in [6, 6.07) is 15.6. The van der Waals surface area contributed by atoms with Crippen molar-refractivity contribution in [1.29, 1.82) is 0 Å².